The molecule has 1 amide bonds. The summed E-state index contributed by atoms with van der Waals surface area (Å²) < 4.78 is 0. The fourth-order valence-corrected chi connectivity index (χ4v) is 1.61. The van der Waals surface area contributed by atoms with E-state index in [1.165, 1.54) is 5.56 Å². The number of carboxylic acid groups (broad SMARTS) is 1. The van der Waals surface area contributed by atoms with Gasteiger partial charge in [-0.2, -0.15) is 0 Å². The Morgan fingerprint density at radius 1 is 1.19 bits per heavy atom. The van der Waals surface area contributed by atoms with Crippen molar-refractivity contribution in [3.05, 3.63) is 35.9 Å². The molecule has 0 saturated carbocycles. The van der Waals surface area contributed by atoms with E-state index in [4.69, 9.17) is 5.11 Å². The van der Waals surface area contributed by atoms with Crippen LogP contribution >= 0.6 is 0 Å². The summed E-state index contributed by atoms with van der Waals surface area (Å²) in [5.74, 6) is -0.817. The molecule has 148 valence electrons. The molecule has 1 rings (SSSR count). The van der Waals surface area contributed by atoms with Crippen LogP contribution in [0.1, 0.15) is 32.3 Å². The lowest BCUT2D eigenvalue weighted by atomic mass is 10.2. The molecule has 0 spiro atoms. The molecule has 0 aromatic heterocycles. The molecule has 0 radical (unpaired) electrons. The first-order valence-electron chi connectivity index (χ1n) is 8.70. The molecule has 0 fully saturated rings. The Balaban J connectivity index is 0. The number of hydrogen-bond acceptors (Lipinski definition) is 5. The molecule has 0 heterocycles. The summed E-state index contributed by atoms with van der Waals surface area (Å²) in [5, 5.41) is 16.1. The van der Waals surface area contributed by atoms with Crippen molar-refractivity contribution in [2.24, 2.45) is 0 Å². The van der Waals surface area contributed by atoms with Crippen LogP contribution in [-0.2, 0) is 20.8 Å². The molecule has 26 heavy (non-hydrogen) atoms. The van der Waals surface area contributed by atoms with Crippen molar-refractivity contribution in [3.63, 3.8) is 0 Å². The summed E-state index contributed by atoms with van der Waals surface area (Å²) in [7, 11) is 3.46. The highest BCUT2D eigenvalue weighted by molar-refractivity contribution is 5.72. The molecule has 4 N–H and O–H groups in total. The summed E-state index contributed by atoms with van der Waals surface area (Å²) in [5.41, 5.74) is 1.41. The zero-order chi connectivity index (χ0) is 20.2. The maximum atomic E-state index is 10.2. The van der Waals surface area contributed by atoms with Crippen molar-refractivity contribution in [3.8, 4) is 0 Å². The number of aliphatic carboxylic acids is 1. The fraction of sp³-hybridized carbons (Fsp3) is 0.526. The average molecular weight is 367 g/mol. The Morgan fingerprint density at radius 3 is 2.12 bits per heavy atom. The van der Waals surface area contributed by atoms with Crippen LogP contribution < -0.4 is 16.0 Å². The van der Waals surface area contributed by atoms with Crippen LogP contribution in [0.5, 0.6) is 0 Å². The summed E-state index contributed by atoms with van der Waals surface area (Å²) in [4.78, 5) is 30.0. The first-order chi connectivity index (χ1) is 12.5. The number of nitrogens with one attached hydrogen (secondary N) is 3. The number of carbonyl (C=O) groups is 3. The van der Waals surface area contributed by atoms with Gasteiger partial charge in [-0.1, -0.05) is 37.3 Å². The van der Waals surface area contributed by atoms with Crippen LogP contribution in [0.4, 0.5) is 0 Å². The molecular weight excluding hydrogens is 334 g/mol. The average Bonchev–Trinajstić information content (AvgIpc) is 2.68. The summed E-state index contributed by atoms with van der Waals surface area (Å²) in [6.45, 7) is 4.61. The van der Waals surface area contributed by atoms with Crippen molar-refractivity contribution in [2.45, 2.75) is 45.2 Å². The smallest absolute Gasteiger partial charge is 0.320 e. The van der Waals surface area contributed by atoms with Crippen molar-refractivity contribution >= 4 is 18.7 Å². The Kier molecular flexibility index (Phi) is 19.1. The van der Waals surface area contributed by atoms with Crippen LogP contribution in [0, 0.1) is 0 Å². The molecule has 7 heteroatoms. The highest BCUT2D eigenvalue weighted by Gasteiger charge is 2.04. The van der Waals surface area contributed by atoms with Crippen molar-refractivity contribution < 1.29 is 19.5 Å². The molecule has 1 aromatic rings. The molecule has 2 unspecified atom stereocenters. The normalized spacial score (nSPS) is 11.5. The Labute approximate surface area is 156 Å². The van der Waals surface area contributed by atoms with Gasteiger partial charge in [0.15, 0.2) is 0 Å². The number of aldehydes is 1. The lowest BCUT2D eigenvalue weighted by Gasteiger charge is -2.07. The highest BCUT2D eigenvalue weighted by Crippen LogP contribution is 1.96. The third kappa shape index (κ3) is 16.6. The van der Waals surface area contributed by atoms with E-state index in [2.05, 4.69) is 47.1 Å². The first kappa shape index (κ1) is 26.0. The maximum Gasteiger partial charge on any atom is 0.320 e. The lowest BCUT2D eigenvalue weighted by Crippen LogP contribution is -2.29. The SMILES string of the molecule is CCc1ccccc1.CNC(C)C(=O)O.CNCCCC(C=O)NC=O. The second-order valence-electron chi connectivity index (χ2n) is 5.46. The van der Waals surface area contributed by atoms with Crippen LogP contribution in [0.2, 0.25) is 0 Å². The zero-order valence-corrected chi connectivity index (χ0v) is 16.2. The van der Waals surface area contributed by atoms with Crippen LogP contribution in [-0.4, -0.2) is 56.5 Å². The summed E-state index contributed by atoms with van der Waals surface area (Å²) in [6, 6.07) is 9.71. The molecule has 0 bridgehead atoms. The van der Waals surface area contributed by atoms with Crippen molar-refractivity contribution in [2.75, 3.05) is 20.6 Å². The maximum absolute atomic E-state index is 10.2. The number of carboxylic acids is 1. The van der Waals surface area contributed by atoms with E-state index in [1.54, 1.807) is 14.0 Å². The van der Waals surface area contributed by atoms with Gasteiger partial charge in [0.1, 0.15) is 12.3 Å². The number of carbonyl (C=O) groups excluding carboxylic acids is 2. The van der Waals surface area contributed by atoms with Crippen molar-refractivity contribution in [1.29, 1.82) is 0 Å². The van der Waals surface area contributed by atoms with Gasteiger partial charge in [-0.25, -0.2) is 0 Å². The topological polar surface area (TPSA) is 108 Å². The second kappa shape index (κ2) is 19.1. The van der Waals surface area contributed by atoms with E-state index >= 15 is 0 Å². The van der Waals surface area contributed by atoms with E-state index in [0.29, 0.717) is 12.8 Å². The minimum atomic E-state index is -0.817. The van der Waals surface area contributed by atoms with Gasteiger partial charge in [0.25, 0.3) is 0 Å². The van der Waals surface area contributed by atoms with Gasteiger partial charge in [0, 0.05) is 0 Å². The number of aryl methyl sites for hydroxylation is 1. The molecule has 2 atom stereocenters. The van der Waals surface area contributed by atoms with E-state index < -0.39 is 12.0 Å². The molecule has 7 nitrogen and oxygen atoms in total. The number of rotatable bonds is 10. The first-order valence-corrected chi connectivity index (χ1v) is 8.70. The largest absolute Gasteiger partial charge is 0.480 e. The van der Waals surface area contributed by atoms with Crippen LogP contribution in [0.15, 0.2) is 30.3 Å². The third-order valence-electron chi connectivity index (χ3n) is 3.44. The lowest BCUT2D eigenvalue weighted by molar-refractivity contribution is -0.138. The number of hydrogen-bond donors (Lipinski definition) is 4. The molecule has 0 aliphatic carbocycles. The Hall–Kier alpha value is -2.25. The Bertz CT molecular complexity index is 469. The van der Waals surface area contributed by atoms with Gasteiger partial charge in [-0.3, -0.25) is 9.59 Å². The second-order valence-corrected chi connectivity index (χ2v) is 5.46. The zero-order valence-electron chi connectivity index (χ0n) is 16.2. The van der Waals surface area contributed by atoms with Crippen molar-refractivity contribution in [1.82, 2.24) is 16.0 Å². The third-order valence-corrected chi connectivity index (χ3v) is 3.44. The predicted octanol–water partition coefficient (Wildman–Crippen LogP) is 1.23. The fourth-order valence-electron chi connectivity index (χ4n) is 1.61. The molecular formula is C19H33N3O4. The van der Waals surface area contributed by atoms with E-state index in [-0.39, 0.29) is 6.04 Å². The van der Waals surface area contributed by atoms with Gasteiger partial charge < -0.3 is 25.9 Å². The molecule has 0 aliphatic heterocycles. The van der Waals surface area contributed by atoms with Gasteiger partial charge >= 0.3 is 5.97 Å². The Morgan fingerprint density at radius 2 is 1.81 bits per heavy atom. The standard InChI is InChI=1S/C8H10.C7H14N2O2.C4H9NO2/c1-2-8-6-4-3-5-7-8;1-8-4-2-3-7(5-10)9-6-11;1-3(5-2)4(6)7/h3-7H,2H2,1H3;5-8H,2-4H2,1H3,(H,9,11);3,5H,1-2H3,(H,6,7). The van der Waals surface area contributed by atoms with Crippen LogP contribution in [0.25, 0.3) is 0 Å². The predicted molar refractivity (Wildman–Crippen MR) is 104 cm³/mol. The molecule has 1 aromatic carbocycles. The number of amides is 1. The quantitative estimate of drug-likeness (QED) is 0.366. The van der Waals surface area contributed by atoms with Gasteiger partial charge in [-0.05, 0) is 52.4 Å². The number of likely N-dealkylation sites (N-methyl/N-ethyl adjacent to an activating group) is 1. The van der Waals surface area contributed by atoms with E-state index in [0.717, 1.165) is 25.7 Å². The van der Waals surface area contributed by atoms with Gasteiger partial charge in [0.2, 0.25) is 6.41 Å². The summed E-state index contributed by atoms with van der Waals surface area (Å²) >= 11 is 0. The summed E-state index contributed by atoms with van der Waals surface area (Å²) in [6.07, 6.45) is 4.03. The van der Waals surface area contributed by atoms with E-state index in [9.17, 15) is 14.4 Å². The van der Waals surface area contributed by atoms with E-state index in [1.807, 2.05) is 13.1 Å². The van der Waals surface area contributed by atoms with Gasteiger partial charge in [-0.15, -0.1) is 0 Å². The minimum absolute atomic E-state index is 0.319. The van der Waals surface area contributed by atoms with Crippen LogP contribution in [0.3, 0.4) is 0 Å². The minimum Gasteiger partial charge on any atom is -0.480 e. The monoisotopic (exact) mass is 367 g/mol. The molecule has 0 aliphatic rings. The number of benzene rings is 1. The highest BCUT2D eigenvalue weighted by atomic mass is 16.4. The molecule has 0 saturated heterocycles. The van der Waals surface area contributed by atoms with Gasteiger partial charge in [0.05, 0.1) is 6.04 Å².